The molecule has 1 unspecified atom stereocenters. The smallest absolute Gasteiger partial charge is 0.311 e. The summed E-state index contributed by atoms with van der Waals surface area (Å²) in [5.74, 6) is 5.09. The number of rotatable bonds is 6. The van der Waals surface area contributed by atoms with E-state index in [1.54, 1.807) is 6.92 Å². The maximum absolute atomic E-state index is 11.1. The van der Waals surface area contributed by atoms with E-state index in [1.165, 1.54) is 19.2 Å². The number of ether oxygens (including phenoxy) is 1. The van der Waals surface area contributed by atoms with E-state index in [9.17, 15) is 14.9 Å². The van der Waals surface area contributed by atoms with Crippen LogP contribution in [0, 0.1) is 10.1 Å². The van der Waals surface area contributed by atoms with Crippen LogP contribution in [0.2, 0.25) is 0 Å². The van der Waals surface area contributed by atoms with E-state index in [0.29, 0.717) is 0 Å². The maximum Gasteiger partial charge on any atom is 0.311 e. The van der Waals surface area contributed by atoms with Gasteiger partial charge in [0.2, 0.25) is 5.82 Å². The first-order chi connectivity index (χ1) is 8.97. The molecule has 1 aromatic heterocycles. The maximum atomic E-state index is 11.1. The molecule has 19 heavy (non-hydrogen) atoms. The van der Waals surface area contributed by atoms with Gasteiger partial charge in [-0.05, 0) is 13.0 Å². The summed E-state index contributed by atoms with van der Waals surface area (Å²) in [4.78, 5) is 25.3. The minimum atomic E-state index is -0.569. The third-order valence-electron chi connectivity index (χ3n) is 2.30. The minimum Gasteiger partial charge on any atom is -0.469 e. The molecular weight excluding hydrogens is 254 g/mol. The molecule has 1 atom stereocenters. The predicted octanol–water partition coefficient (Wildman–Crippen LogP) is 0.639. The summed E-state index contributed by atoms with van der Waals surface area (Å²) in [5, 5.41) is 13.6. The van der Waals surface area contributed by atoms with Gasteiger partial charge in [0.05, 0.1) is 18.5 Å². The number of nitrogens with one attached hydrogen (secondary N) is 2. The van der Waals surface area contributed by atoms with Gasteiger partial charge in [0.1, 0.15) is 5.82 Å². The van der Waals surface area contributed by atoms with Crippen LogP contribution in [0.25, 0.3) is 0 Å². The van der Waals surface area contributed by atoms with E-state index in [4.69, 9.17) is 5.84 Å². The summed E-state index contributed by atoms with van der Waals surface area (Å²) in [7, 11) is 1.27. The summed E-state index contributed by atoms with van der Waals surface area (Å²) in [6.07, 6.45) is 0.0651. The molecule has 0 radical (unpaired) electrons. The molecule has 0 amide bonds. The first kappa shape index (κ1) is 14.6. The Morgan fingerprint density at radius 1 is 1.63 bits per heavy atom. The highest BCUT2D eigenvalue weighted by atomic mass is 16.6. The molecule has 9 nitrogen and oxygen atoms in total. The van der Waals surface area contributed by atoms with Gasteiger partial charge in [-0.3, -0.25) is 14.9 Å². The number of nitrogens with two attached hydrogens (primary N) is 1. The van der Waals surface area contributed by atoms with Crippen molar-refractivity contribution in [2.24, 2.45) is 5.84 Å². The highest BCUT2D eigenvalue weighted by molar-refractivity contribution is 5.71. The van der Waals surface area contributed by atoms with Crippen LogP contribution < -0.4 is 16.6 Å². The topological polar surface area (TPSA) is 132 Å². The van der Waals surface area contributed by atoms with Gasteiger partial charge in [-0.15, -0.1) is 0 Å². The van der Waals surface area contributed by atoms with Crippen LogP contribution in [0.3, 0.4) is 0 Å². The number of anilines is 2. The molecule has 0 aliphatic heterocycles. The summed E-state index contributed by atoms with van der Waals surface area (Å²) >= 11 is 0. The van der Waals surface area contributed by atoms with E-state index >= 15 is 0 Å². The second-order valence-electron chi connectivity index (χ2n) is 3.79. The predicted molar refractivity (Wildman–Crippen MR) is 68.4 cm³/mol. The standard InChI is InChI=1S/C10H15N5O4/c1-6(5-9(16)19-2)12-10-7(15(17)18)3-4-8(13-10)14-11/h3-4,6H,5,11H2,1-2H3,(H2,12,13,14). The zero-order chi connectivity index (χ0) is 14.4. The Balaban J connectivity index is 2.91. The van der Waals surface area contributed by atoms with Crippen molar-refractivity contribution in [2.45, 2.75) is 19.4 Å². The lowest BCUT2D eigenvalue weighted by Gasteiger charge is -2.13. The second kappa shape index (κ2) is 6.50. The van der Waals surface area contributed by atoms with Crippen molar-refractivity contribution in [1.82, 2.24) is 4.98 Å². The first-order valence-electron chi connectivity index (χ1n) is 5.43. The van der Waals surface area contributed by atoms with E-state index in [2.05, 4.69) is 20.5 Å². The van der Waals surface area contributed by atoms with E-state index in [1.807, 2.05) is 0 Å². The van der Waals surface area contributed by atoms with Gasteiger partial charge in [0.15, 0.2) is 0 Å². The normalized spacial score (nSPS) is 11.5. The Hall–Kier alpha value is -2.42. The summed E-state index contributed by atoms with van der Waals surface area (Å²) < 4.78 is 4.52. The van der Waals surface area contributed by atoms with Gasteiger partial charge in [-0.1, -0.05) is 0 Å². The number of nitro groups is 1. The molecule has 0 bridgehead atoms. The number of nitrogen functional groups attached to an aromatic ring is 1. The van der Waals surface area contributed by atoms with Crippen LogP contribution in [-0.4, -0.2) is 29.0 Å². The van der Waals surface area contributed by atoms with Crippen LogP contribution in [-0.2, 0) is 9.53 Å². The molecule has 0 fully saturated rings. The fourth-order valence-electron chi connectivity index (χ4n) is 1.40. The van der Waals surface area contributed by atoms with E-state index in [-0.39, 0.29) is 29.8 Å². The molecule has 1 heterocycles. The average Bonchev–Trinajstić information content (AvgIpc) is 2.37. The van der Waals surface area contributed by atoms with Crippen LogP contribution in [0.4, 0.5) is 17.3 Å². The monoisotopic (exact) mass is 269 g/mol. The number of pyridine rings is 1. The zero-order valence-corrected chi connectivity index (χ0v) is 10.5. The number of esters is 1. The molecule has 9 heteroatoms. The number of hydrogen-bond acceptors (Lipinski definition) is 8. The fourth-order valence-corrected chi connectivity index (χ4v) is 1.40. The van der Waals surface area contributed by atoms with Gasteiger partial charge < -0.3 is 15.5 Å². The van der Waals surface area contributed by atoms with Gasteiger partial charge >= 0.3 is 11.7 Å². The Bertz CT molecular complexity index is 479. The lowest BCUT2D eigenvalue weighted by molar-refractivity contribution is -0.384. The van der Waals surface area contributed by atoms with E-state index in [0.717, 1.165) is 0 Å². The molecular formula is C10H15N5O4. The number of nitrogens with zero attached hydrogens (tertiary/aromatic N) is 2. The van der Waals surface area contributed by atoms with Crippen LogP contribution in [0.5, 0.6) is 0 Å². The largest absolute Gasteiger partial charge is 0.469 e. The molecule has 0 aliphatic rings. The van der Waals surface area contributed by atoms with Crippen LogP contribution >= 0.6 is 0 Å². The third kappa shape index (κ3) is 4.07. The highest BCUT2D eigenvalue weighted by Gasteiger charge is 2.19. The van der Waals surface area contributed by atoms with Crippen molar-refractivity contribution >= 4 is 23.3 Å². The Kier molecular flexibility index (Phi) is 5.01. The SMILES string of the molecule is COC(=O)CC(C)Nc1nc(NN)ccc1[N+](=O)[O-]. The molecule has 1 rings (SSSR count). The Morgan fingerprint density at radius 2 is 2.32 bits per heavy atom. The number of carbonyl (C=O) groups excluding carboxylic acids is 1. The first-order valence-corrected chi connectivity index (χ1v) is 5.43. The molecule has 0 aliphatic carbocycles. The number of hydrazine groups is 1. The zero-order valence-electron chi connectivity index (χ0n) is 10.5. The molecule has 104 valence electrons. The lowest BCUT2D eigenvalue weighted by atomic mass is 10.2. The molecule has 0 saturated carbocycles. The molecule has 1 aromatic rings. The van der Waals surface area contributed by atoms with Gasteiger partial charge in [0, 0.05) is 12.1 Å². The minimum absolute atomic E-state index is 0.0388. The summed E-state index contributed by atoms with van der Waals surface area (Å²) in [5.41, 5.74) is 2.09. The van der Waals surface area contributed by atoms with Crippen LogP contribution in [0.15, 0.2) is 12.1 Å². The quantitative estimate of drug-likeness (QED) is 0.296. The van der Waals surface area contributed by atoms with Crippen molar-refractivity contribution in [1.29, 1.82) is 0 Å². The van der Waals surface area contributed by atoms with Crippen molar-refractivity contribution in [3.8, 4) is 0 Å². The molecule has 0 aromatic carbocycles. The fraction of sp³-hybridized carbons (Fsp3) is 0.400. The molecule has 4 N–H and O–H groups in total. The highest BCUT2D eigenvalue weighted by Crippen LogP contribution is 2.24. The van der Waals surface area contributed by atoms with Crippen molar-refractivity contribution in [2.75, 3.05) is 17.9 Å². The number of carbonyl (C=O) groups is 1. The van der Waals surface area contributed by atoms with Gasteiger partial charge in [0.25, 0.3) is 0 Å². The van der Waals surface area contributed by atoms with E-state index < -0.39 is 10.9 Å². The molecule has 0 spiro atoms. The molecule has 0 saturated heterocycles. The average molecular weight is 269 g/mol. The Morgan fingerprint density at radius 3 is 2.84 bits per heavy atom. The van der Waals surface area contributed by atoms with Gasteiger partial charge in [-0.2, -0.15) is 0 Å². The summed E-state index contributed by atoms with van der Waals surface area (Å²) in [6, 6.07) is 2.29. The summed E-state index contributed by atoms with van der Waals surface area (Å²) in [6.45, 7) is 1.69. The lowest BCUT2D eigenvalue weighted by Crippen LogP contribution is -2.22. The van der Waals surface area contributed by atoms with Crippen molar-refractivity contribution in [3.63, 3.8) is 0 Å². The van der Waals surface area contributed by atoms with Gasteiger partial charge in [-0.25, -0.2) is 10.8 Å². The van der Waals surface area contributed by atoms with Crippen LogP contribution in [0.1, 0.15) is 13.3 Å². The third-order valence-corrected chi connectivity index (χ3v) is 2.30. The Labute approximate surface area is 109 Å². The van der Waals surface area contributed by atoms with Crippen molar-refractivity contribution in [3.05, 3.63) is 22.2 Å². The number of aromatic nitrogens is 1. The number of hydrogen-bond donors (Lipinski definition) is 3. The van der Waals surface area contributed by atoms with Crippen molar-refractivity contribution < 1.29 is 14.5 Å². The number of methoxy groups -OCH3 is 1. The second-order valence-corrected chi connectivity index (χ2v) is 3.79.